The molecule has 128 valence electrons. The average Bonchev–Trinajstić information content (AvgIpc) is 2.55. The average molecular weight is 324 g/mol. The Balaban J connectivity index is 1.72. The van der Waals surface area contributed by atoms with E-state index in [1.807, 2.05) is 0 Å². The van der Waals surface area contributed by atoms with Crippen molar-refractivity contribution in [1.29, 1.82) is 0 Å². The molecule has 1 aromatic carbocycles. The summed E-state index contributed by atoms with van der Waals surface area (Å²) in [6.45, 7) is 6.37. The molecule has 23 heavy (non-hydrogen) atoms. The highest BCUT2D eigenvalue weighted by Crippen LogP contribution is 2.26. The van der Waals surface area contributed by atoms with Crippen LogP contribution in [0.25, 0.3) is 0 Å². The molecule has 0 unspecified atom stereocenters. The molecule has 0 aliphatic carbocycles. The van der Waals surface area contributed by atoms with Crippen LogP contribution in [0.4, 0.5) is 11.4 Å². The zero-order chi connectivity index (χ0) is 16.7. The number of nitro groups is 1. The fourth-order valence-corrected chi connectivity index (χ4v) is 2.59. The number of nitrogens with two attached hydrogens (primary N) is 1. The van der Waals surface area contributed by atoms with Gasteiger partial charge in [-0.15, -0.1) is 0 Å². The number of nitro benzene ring substituents is 1. The molecule has 1 fully saturated rings. The van der Waals surface area contributed by atoms with Crippen molar-refractivity contribution in [1.82, 2.24) is 9.80 Å². The van der Waals surface area contributed by atoms with Crippen LogP contribution in [0, 0.1) is 10.1 Å². The Morgan fingerprint density at radius 2 is 1.87 bits per heavy atom. The number of nitrogen functional groups attached to an aromatic ring is 1. The SMILES string of the molecule is Nc1ccc(OCCN2CCN(CCCO)CC2)cc1[N+](=O)[O-]. The molecule has 0 amide bonds. The zero-order valence-electron chi connectivity index (χ0n) is 13.2. The lowest BCUT2D eigenvalue weighted by Crippen LogP contribution is -2.47. The lowest BCUT2D eigenvalue weighted by molar-refractivity contribution is -0.384. The van der Waals surface area contributed by atoms with Crippen LogP contribution in [0.2, 0.25) is 0 Å². The van der Waals surface area contributed by atoms with Crippen molar-refractivity contribution in [3.05, 3.63) is 28.3 Å². The molecule has 3 N–H and O–H groups in total. The van der Waals surface area contributed by atoms with Gasteiger partial charge >= 0.3 is 0 Å². The van der Waals surface area contributed by atoms with Crippen LogP contribution in [0.15, 0.2) is 18.2 Å². The Bertz CT molecular complexity index is 518. The van der Waals surface area contributed by atoms with E-state index in [1.165, 1.54) is 12.1 Å². The fraction of sp³-hybridized carbons (Fsp3) is 0.600. The number of hydrogen-bond acceptors (Lipinski definition) is 7. The third-order valence-electron chi connectivity index (χ3n) is 3.97. The number of aliphatic hydroxyl groups is 1. The maximum atomic E-state index is 10.8. The minimum atomic E-state index is -0.506. The molecular formula is C15H24N4O4. The maximum absolute atomic E-state index is 10.8. The van der Waals surface area contributed by atoms with Crippen molar-refractivity contribution in [3.63, 3.8) is 0 Å². The number of anilines is 1. The molecule has 0 spiro atoms. The van der Waals surface area contributed by atoms with Crippen LogP contribution < -0.4 is 10.5 Å². The Morgan fingerprint density at radius 1 is 1.22 bits per heavy atom. The number of benzene rings is 1. The second-order valence-corrected chi connectivity index (χ2v) is 5.59. The fourth-order valence-electron chi connectivity index (χ4n) is 2.59. The van der Waals surface area contributed by atoms with E-state index in [1.54, 1.807) is 6.07 Å². The van der Waals surface area contributed by atoms with Gasteiger partial charge in [-0.25, -0.2) is 0 Å². The van der Waals surface area contributed by atoms with Gasteiger partial charge in [0, 0.05) is 45.9 Å². The summed E-state index contributed by atoms with van der Waals surface area (Å²) in [6.07, 6.45) is 0.818. The van der Waals surface area contributed by atoms with Gasteiger partial charge in [0.1, 0.15) is 18.0 Å². The molecule has 8 heteroatoms. The second-order valence-electron chi connectivity index (χ2n) is 5.59. The van der Waals surface area contributed by atoms with Gasteiger partial charge in [0.25, 0.3) is 5.69 Å². The Hall–Kier alpha value is -1.90. The number of aliphatic hydroxyl groups excluding tert-OH is 1. The molecule has 0 saturated carbocycles. The van der Waals surface area contributed by atoms with Gasteiger partial charge in [-0.05, 0) is 18.6 Å². The molecule has 0 radical (unpaired) electrons. The molecular weight excluding hydrogens is 300 g/mol. The van der Waals surface area contributed by atoms with E-state index in [9.17, 15) is 10.1 Å². The first kappa shape index (κ1) is 17.5. The highest BCUT2D eigenvalue weighted by Gasteiger charge is 2.16. The lowest BCUT2D eigenvalue weighted by atomic mass is 10.2. The van der Waals surface area contributed by atoms with Crippen LogP contribution in [0.3, 0.4) is 0 Å². The van der Waals surface area contributed by atoms with E-state index < -0.39 is 4.92 Å². The van der Waals surface area contributed by atoms with Gasteiger partial charge in [-0.1, -0.05) is 0 Å². The summed E-state index contributed by atoms with van der Waals surface area (Å²) in [5.74, 6) is 0.465. The van der Waals surface area contributed by atoms with Crippen molar-refractivity contribution in [2.45, 2.75) is 6.42 Å². The van der Waals surface area contributed by atoms with Crippen LogP contribution in [-0.4, -0.2) is 72.3 Å². The van der Waals surface area contributed by atoms with Crippen LogP contribution in [-0.2, 0) is 0 Å². The summed E-state index contributed by atoms with van der Waals surface area (Å²) in [7, 11) is 0. The lowest BCUT2D eigenvalue weighted by Gasteiger charge is -2.34. The van der Waals surface area contributed by atoms with E-state index in [4.69, 9.17) is 15.6 Å². The van der Waals surface area contributed by atoms with Gasteiger partial charge in [0.05, 0.1) is 11.0 Å². The third kappa shape index (κ3) is 5.34. The highest BCUT2D eigenvalue weighted by atomic mass is 16.6. The van der Waals surface area contributed by atoms with E-state index >= 15 is 0 Å². The highest BCUT2D eigenvalue weighted by molar-refractivity contribution is 5.60. The minimum absolute atomic E-state index is 0.125. The minimum Gasteiger partial charge on any atom is -0.492 e. The van der Waals surface area contributed by atoms with E-state index in [0.29, 0.717) is 12.4 Å². The van der Waals surface area contributed by atoms with Gasteiger partial charge in [0.15, 0.2) is 0 Å². The van der Waals surface area contributed by atoms with E-state index in [0.717, 1.165) is 45.7 Å². The van der Waals surface area contributed by atoms with Gasteiger partial charge in [-0.2, -0.15) is 0 Å². The Kier molecular flexibility index (Phi) is 6.57. The standard InChI is InChI=1S/C15H24N4O4/c16-14-3-2-13(12-15(14)19(21)22)23-11-9-18-7-5-17(6-8-18)4-1-10-20/h2-3,12,20H,1,4-11,16H2. The maximum Gasteiger partial charge on any atom is 0.295 e. The number of piperazine rings is 1. The molecule has 0 aromatic heterocycles. The number of hydrogen-bond donors (Lipinski definition) is 2. The number of nitrogens with zero attached hydrogens (tertiary/aromatic N) is 3. The summed E-state index contributed by atoms with van der Waals surface area (Å²) < 4.78 is 5.60. The molecule has 0 bridgehead atoms. The summed E-state index contributed by atoms with van der Waals surface area (Å²) in [5.41, 5.74) is 5.57. The van der Waals surface area contributed by atoms with Crippen LogP contribution in [0.1, 0.15) is 6.42 Å². The first-order valence-electron chi connectivity index (χ1n) is 7.82. The topological polar surface area (TPSA) is 105 Å². The van der Waals surface area contributed by atoms with Crippen molar-refractivity contribution in [2.24, 2.45) is 0 Å². The largest absolute Gasteiger partial charge is 0.492 e. The van der Waals surface area contributed by atoms with Crippen molar-refractivity contribution in [3.8, 4) is 5.75 Å². The monoisotopic (exact) mass is 324 g/mol. The van der Waals surface area contributed by atoms with Crippen molar-refractivity contribution >= 4 is 11.4 Å². The summed E-state index contributed by atoms with van der Waals surface area (Å²) in [5, 5.41) is 19.7. The van der Waals surface area contributed by atoms with Crippen LogP contribution in [0.5, 0.6) is 5.75 Å². The molecule has 1 heterocycles. The molecule has 1 aliphatic heterocycles. The molecule has 1 aromatic rings. The summed E-state index contributed by atoms with van der Waals surface area (Å²) in [4.78, 5) is 15.0. The molecule has 1 aliphatic rings. The van der Waals surface area contributed by atoms with Crippen molar-refractivity contribution in [2.75, 3.05) is 58.2 Å². The zero-order valence-corrected chi connectivity index (χ0v) is 13.2. The smallest absolute Gasteiger partial charge is 0.295 e. The van der Waals surface area contributed by atoms with Gasteiger partial charge in [-0.3, -0.25) is 15.0 Å². The quantitative estimate of drug-likeness (QED) is 0.409. The first-order valence-corrected chi connectivity index (χ1v) is 7.82. The summed E-state index contributed by atoms with van der Waals surface area (Å²) in [6, 6.07) is 4.50. The van der Waals surface area contributed by atoms with E-state index in [2.05, 4.69) is 9.80 Å². The third-order valence-corrected chi connectivity index (χ3v) is 3.97. The summed E-state index contributed by atoms with van der Waals surface area (Å²) >= 11 is 0. The molecule has 2 rings (SSSR count). The molecule has 1 saturated heterocycles. The van der Waals surface area contributed by atoms with E-state index in [-0.39, 0.29) is 18.0 Å². The Labute approximate surface area is 135 Å². The Morgan fingerprint density at radius 3 is 2.48 bits per heavy atom. The molecule has 0 atom stereocenters. The van der Waals surface area contributed by atoms with Gasteiger partial charge < -0.3 is 20.5 Å². The normalized spacial score (nSPS) is 16.4. The van der Waals surface area contributed by atoms with Crippen molar-refractivity contribution < 1.29 is 14.8 Å². The first-order chi connectivity index (χ1) is 11.1. The van der Waals surface area contributed by atoms with Crippen LogP contribution >= 0.6 is 0 Å². The number of rotatable bonds is 8. The number of ether oxygens (including phenoxy) is 1. The second kappa shape index (κ2) is 8.66. The van der Waals surface area contributed by atoms with Gasteiger partial charge in [0.2, 0.25) is 0 Å². The molecule has 8 nitrogen and oxygen atoms in total. The predicted octanol–water partition coefficient (Wildman–Crippen LogP) is 0.556. The predicted molar refractivity (Wildman–Crippen MR) is 87.6 cm³/mol.